The summed E-state index contributed by atoms with van der Waals surface area (Å²) in [7, 11) is 4.12. The van der Waals surface area contributed by atoms with Gasteiger partial charge in [-0.25, -0.2) is 4.98 Å². The largest absolute Gasteiger partial charge is 0.384 e. The second-order valence-electron chi connectivity index (χ2n) is 4.42. The van der Waals surface area contributed by atoms with Crippen LogP contribution in [0.4, 0.5) is 11.5 Å². The molecular formula is C13H22N4O. The van der Waals surface area contributed by atoms with Gasteiger partial charge in [0.2, 0.25) is 5.91 Å². The molecule has 18 heavy (non-hydrogen) atoms. The summed E-state index contributed by atoms with van der Waals surface area (Å²) < 4.78 is 0. The number of anilines is 2. The number of amides is 1. The van der Waals surface area contributed by atoms with E-state index in [9.17, 15) is 4.79 Å². The molecule has 0 bridgehead atoms. The predicted octanol–water partition coefficient (Wildman–Crippen LogP) is 1.79. The van der Waals surface area contributed by atoms with E-state index in [0.717, 1.165) is 25.2 Å². The van der Waals surface area contributed by atoms with Crippen LogP contribution in [0.3, 0.4) is 0 Å². The first kappa shape index (κ1) is 14.4. The number of hydrogen-bond donors (Lipinski definition) is 2. The molecule has 1 aromatic heterocycles. The standard InChI is InChI=1S/C13H22N4O/c1-4-13(18)16-12-7-6-11(10-15-12)14-8-5-9-17(2)3/h6-7,10,14H,4-5,8-9H2,1-3H3,(H,15,16,18). The summed E-state index contributed by atoms with van der Waals surface area (Å²) in [6.45, 7) is 3.79. The van der Waals surface area contributed by atoms with Crippen molar-refractivity contribution in [1.29, 1.82) is 0 Å². The Morgan fingerprint density at radius 3 is 2.72 bits per heavy atom. The monoisotopic (exact) mass is 250 g/mol. The maximum atomic E-state index is 11.2. The highest BCUT2D eigenvalue weighted by Crippen LogP contribution is 2.09. The van der Waals surface area contributed by atoms with Crippen molar-refractivity contribution in [2.24, 2.45) is 0 Å². The molecule has 1 rings (SSSR count). The molecule has 0 saturated carbocycles. The van der Waals surface area contributed by atoms with Gasteiger partial charge in [-0.1, -0.05) is 6.92 Å². The minimum atomic E-state index is -0.0193. The molecule has 5 nitrogen and oxygen atoms in total. The number of aromatic nitrogens is 1. The number of hydrogen-bond acceptors (Lipinski definition) is 4. The Labute approximate surface area is 109 Å². The molecule has 0 fully saturated rings. The maximum absolute atomic E-state index is 11.2. The summed E-state index contributed by atoms with van der Waals surface area (Å²) in [5.74, 6) is 0.579. The van der Waals surface area contributed by atoms with E-state index in [2.05, 4.69) is 34.6 Å². The van der Waals surface area contributed by atoms with E-state index in [-0.39, 0.29) is 5.91 Å². The fourth-order valence-corrected chi connectivity index (χ4v) is 1.43. The van der Waals surface area contributed by atoms with Gasteiger partial charge in [0.05, 0.1) is 11.9 Å². The number of nitrogens with one attached hydrogen (secondary N) is 2. The average molecular weight is 250 g/mol. The zero-order valence-electron chi connectivity index (χ0n) is 11.4. The molecule has 1 aromatic rings. The molecule has 0 aliphatic rings. The van der Waals surface area contributed by atoms with Crippen molar-refractivity contribution in [3.05, 3.63) is 18.3 Å². The first-order chi connectivity index (χ1) is 8.61. The molecule has 100 valence electrons. The maximum Gasteiger partial charge on any atom is 0.225 e. The van der Waals surface area contributed by atoms with E-state index >= 15 is 0 Å². The van der Waals surface area contributed by atoms with Gasteiger partial charge >= 0.3 is 0 Å². The molecule has 0 aliphatic carbocycles. The van der Waals surface area contributed by atoms with Crippen molar-refractivity contribution in [2.75, 3.05) is 37.8 Å². The fraction of sp³-hybridized carbons (Fsp3) is 0.538. The van der Waals surface area contributed by atoms with Crippen LogP contribution < -0.4 is 10.6 Å². The Morgan fingerprint density at radius 2 is 2.17 bits per heavy atom. The first-order valence-electron chi connectivity index (χ1n) is 6.26. The quantitative estimate of drug-likeness (QED) is 0.724. The molecule has 0 aromatic carbocycles. The highest BCUT2D eigenvalue weighted by atomic mass is 16.1. The van der Waals surface area contributed by atoms with E-state index < -0.39 is 0 Å². The average Bonchev–Trinajstić information content (AvgIpc) is 2.36. The van der Waals surface area contributed by atoms with Gasteiger partial charge in [0.1, 0.15) is 5.82 Å². The summed E-state index contributed by atoms with van der Waals surface area (Å²) in [5, 5.41) is 6.01. The van der Waals surface area contributed by atoms with Crippen LogP contribution in [0.5, 0.6) is 0 Å². The minimum absolute atomic E-state index is 0.0193. The van der Waals surface area contributed by atoms with E-state index in [0.29, 0.717) is 12.2 Å². The van der Waals surface area contributed by atoms with Gasteiger partial charge in [-0.15, -0.1) is 0 Å². The van der Waals surface area contributed by atoms with Crippen LogP contribution in [0.1, 0.15) is 19.8 Å². The lowest BCUT2D eigenvalue weighted by Crippen LogP contribution is -2.16. The van der Waals surface area contributed by atoms with E-state index in [4.69, 9.17) is 0 Å². The van der Waals surface area contributed by atoms with Gasteiger partial charge in [0, 0.05) is 13.0 Å². The van der Waals surface area contributed by atoms with Crippen LogP contribution in [0.25, 0.3) is 0 Å². The number of rotatable bonds is 7. The lowest BCUT2D eigenvalue weighted by Gasteiger charge is -2.10. The van der Waals surface area contributed by atoms with Crippen LogP contribution >= 0.6 is 0 Å². The molecule has 0 saturated heterocycles. The van der Waals surface area contributed by atoms with Gasteiger partial charge in [0.15, 0.2) is 0 Å². The van der Waals surface area contributed by atoms with Gasteiger partial charge in [-0.3, -0.25) is 4.79 Å². The molecule has 0 aliphatic heterocycles. The fourth-order valence-electron chi connectivity index (χ4n) is 1.43. The predicted molar refractivity (Wildman–Crippen MR) is 74.8 cm³/mol. The number of carbonyl (C=O) groups is 1. The summed E-state index contributed by atoms with van der Waals surface area (Å²) >= 11 is 0. The van der Waals surface area contributed by atoms with Crippen molar-refractivity contribution in [3.8, 4) is 0 Å². The third-order valence-corrected chi connectivity index (χ3v) is 2.46. The zero-order valence-corrected chi connectivity index (χ0v) is 11.4. The summed E-state index contributed by atoms with van der Waals surface area (Å²) in [4.78, 5) is 17.5. The molecule has 2 N–H and O–H groups in total. The summed E-state index contributed by atoms with van der Waals surface area (Å²) in [5.41, 5.74) is 0.975. The van der Waals surface area contributed by atoms with Crippen molar-refractivity contribution in [1.82, 2.24) is 9.88 Å². The van der Waals surface area contributed by atoms with Crippen LogP contribution in [0, 0.1) is 0 Å². The Kier molecular flexibility index (Phi) is 6.14. The van der Waals surface area contributed by atoms with E-state index in [1.807, 2.05) is 19.1 Å². The molecule has 0 atom stereocenters. The van der Waals surface area contributed by atoms with Crippen LogP contribution in [-0.4, -0.2) is 43.0 Å². The summed E-state index contributed by atoms with van der Waals surface area (Å²) in [6.07, 6.45) is 3.29. The van der Waals surface area contributed by atoms with Gasteiger partial charge in [-0.05, 0) is 39.2 Å². The molecule has 0 unspecified atom stereocenters. The smallest absolute Gasteiger partial charge is 0.225 e. The Bertz CT molecular complexity index is 362. The lowest BCUT2D eigenvalue weighted by molar-refractivity contribution is -0.115. The van der Waals surface area contributed by atoms with Crippen LogP contribution in [-0.2, 0) is 4.79 Å². The van der Waals surface area contributed by atoms with Crippen molar-refractivity contribution >= 4 is 17.4 Å². The van der Waals surface area contributed by atoms with Crippen LogP contribution in [0.15, 0.2) is 18.3 Å². The lowest BCUT2D eigenvalue weighted by atomic mass is 10.3. The number of carbonyl (C=O) groups excluding carboxylic acids is 1. The molecule has 0 radical (unpaired) electrons. The third kappa shape index (κ3) is 5.63. The Hall–Kier alpha value is -1.62. The molecule has 1 amide bonds. The summed E-state index contributed by atoms with van der Waals surface area (Å²) in [6, 6.07) is 3.73. The second kappa shape index (κ2) is 7.66. The third-order valence-electron chi connectivity index (χ3n) is 2.46. The molecular weight excluding hydrogens is 228 g/mol. The molecule has 5 heteroatoms. The Balaban J connectivity index is 2.33. The van der Waals surface area contributed by atoms with Crippen LogP contribution in [0.2, 0.25) is 0 Å². The second-order valence-corrected chi connectivity index (χ2v) is 4.42. The van der Waals surface area contributed by atoms with Crippen molar-refractivity contribution in [3.63, 3.8) is 0 Å². The molecule has 0 spiro atoms. The highest BCUT2D eigenvalue weighted by molar-refractivity contribution is 5.89. The van der Waals surface area contributed by atoms with Gasteiger partial charge in [-0.2, -0.15) is 0 Å². The van der Waals surface area contributed by atoms with E-state index in [1.165, 1.54) is 0 Å². The molecule has 1 heterocycles. The topological polar surface area (TPSA) is 57.3 Å². The number of nitrogens with zero attached hydrogens (tertiary/aromatic N) is 2. The van der Waals surface area contributed by atoms with Crippen molar-refractivity contribution < 1.29 is 4.79 Å². The normalized spacial score (nSPS) is 10.4. The minimum Gasteiger partial charge on any atom is -0.384 e. The zero-order chi connectivity index (χ0) is 13.4. The first-order valence-corrected chi connectivity index (χ1v) is 6.26. The number of pyridine rings is 1. The van der Waals surface area contributed by atoms with Gasteiger partial charge in [0.25, 0.3) is 0 Å². The van der Waals surface area contributed by atoms with Crippen molar-refractivity contribution in [2.45, 2.75) is 19.8 Å². The van der Waals surface area contributed by atoms with Gasteiger partial charge < -0.3 is 15.5 Å². The highest BCUT2D eigenvalue weighted by Gasteiger charge is 2.00. The SMILES string of the molecule is CCC(=O)Nc1ccc(NCCCN(C)C)cn1. The Morgan fingerprint density at radius 1 is 1.39 bits per heavy atom. The van der Waals surface area contributed by atoms with E-state index in [1.54, 1.807) is 6.20 Å².